The highest BCUT2D eigenvalue weighted by Crippen LogP contribution is 2.23. The highest BCUT2D eigenvalue weighted by Gasteiger charge is 2.21. The van der Waals surface area contributed by atoms with Crippen LogP contribution in [-0.2, 0) is 10.5 Å². The molecule has 0 unspecified atom stereocenters. The number of hydrogen-bond donors (Lipinski definition) is 1. The van der Waals surface area contributed by atoms with E-state index >= 15 is 0 Å². The molecule has 0 saturated heterocycles. The van der Waals surface area contributed by atoms with Crippen LogP contribution >= 0.6 is 11.8 Å². The van der Waals surface area contributed by atoms with Crippen LogP contribution in [0, 0.1) is 0 Å². The number of thioether (sulfide) groups is 1. The van der Waals surface area contributed by atoms with Gasteiger partial charge in [-0.15, -0.1) is 10.2 Å². The zero-order chi connectivity index (χ0) is 16.9. The van der Waals surface area contributed by atoms with Gasteiger partial charge in [-0.25, -0.2) is 4.79 Å². The Morgan fingerprint density at radius 1 is 1.30 bits per heavy atom. The molecule has 7 heteroatoms. The standard InChI is InChI=1S/C16H21N3O3S/c1-11(17-14(20)22-16(2,3)4)13-18-19-15(21-13)23-10-12-8-6-5-7-9-12/h5-9,11H,10H2,1-4H3,(H,17,20)/t11-/m1/s1. The van der Waals surface area contributed by atoms with Gasteiger partial charge in [-0.3, -0.25) is 0 Å². The Morgan fingerprint density at radius 2 is 2.00 bits per heavy atom. The third-order valence-corrected chi connectivity index (χ3v) is 3.62. The molecule has 0 spiro atoms. The van der Waals surface area contributed by atoms with Crippen molar-refractivity contribution >= 4 is 17.9 Å². The molecule has 124 valence electrons. The molecule has 0 aliphatic carbocycles. The summed E-state index contributed by atoms with van der Waals surface area (Å²) in [6.07, 6.45) is -0.512. The lowest BCUT2D eigenvalue weighted by molar-refractivity contribution is 0.0500. The first-order chi connectivity index (χ1) is 10.8. The molecule has 0 fully saturated rings. The van der Waals surface area contributed by atoms with E-state index in [1.165, 1.54) is 17.3 Å². The van der Waals surface area contributed by atoms with Crippen molar-refractivity contribution in [2.75, 3.05) is 0 Å². The highest BCUT2D eigenvalue weighted by molar-refractivity contribution is 7.98. The number of benzene rings is 1. The Hall–Kier alpha value is -2.02. The van der Waals surface area contributed by atoms with Gasteiger partial charge in [0.05, 0.1) is 0 Å². The van der Waals surface area contributed by atoms with Gasteiger partial charge in [-0.1, -0.05) is 42.1 Å². The maximum absolute atomic E-state index is 11.7. The minimum Gasteiger partial charge on any atom is -0.444 e. The predicted octanol–water partition coefficient (Wildman–Crippen LogP) is 3.95. The lowest BCUT2D eigenvalue weighted by Crippen LogP contribution is -2.34. The molecule has 1 atom stereocenters. The second-order valence-electron chi connectivity index (χ2n) is 6.05. The lowest BCUT2D eigenvalue weighted by Gasteiger charge is -2.20. The number of hydrogen-bond acceptors (Lipinski definition) is 6. The topological polar surface area (TPSA) is 77.2 Å². The van der Waals surface area contributed by atoms with Gasteiger partial charge in [0.15, 0.2) is 0 Å². The van der Waals surface area contributed by atoms with Crippen molar-refractivity contribution in [3.63, 3.8) is 0 Å². The van der Waals surface area contributed by atoms with Crippen molar-refractivity contribution in [1.29, 1.82) is 0 Å². The fourth-order valence-electron chi connectivity index (χ4n) is 1.72. The summed E-state index contributed by atoms with van der Waals surface area (Å²) in [7, 11) is 0. The Kier molecular flexibility index (Phi) is 5.65. The van der Waals surface area contributed by atoms with E-state index in [1.807, 2.05) is 51.1 Å². The third kappa shape index (κ3) is 5.94. The van der Waals surface area contributed by atoms with Crippen LogP contribution in [0.1, 0.15) is 45.2 Å². The second kappa shape index (κ2) is 7.50. The summed E-state index contributed by atoms with van der Waals surface area (Å²) < 4.78 is 10.8. The molecular formula is C16H21N3O3S. The first-order valence-electron chi connectivity index (χ1n) is 7.33. The van der Waals surface area contributed by atoms with E-state index in [0.717, 1.165) is 5.75 Å². The van der Waals surface area contributed by atoms with Crippen LogP contribution in [-0.4, -0.2) is 21.9 Å². The number of aromatic nitrogens is 2. The van der Waals surface area contributed by atoms with E-state index in [0.29, 0.717) is 11.1 Å². The molecule has 0 aliphatic rings. The molecule has 1 heterocycles. The summed E-state index contributed by atoms with van der Waals surface area (Å²) in [4.78, 5) is 11.7. The number of ether oxygens (including phenoxy) is 1. The molecule has 1 N–H and O–H groups in total. The average Bonchev–Trinajstić information content (AvgIpc) is 2.93. The van der Waals surface area contributed by atoms with E-state index < -0.39 is 17.7 Å². The zero-order valence-corrected chi connectivity index (χ0v) is 14.5. The van der Waals surface area contributed by atoms with Crippen molar-refractivity contribution < 1.29 is 13.9 Å². The Balaban J connectivity index is 1.87. The summed E-state index contributed by atoms with van der Waals surface area (Å²) in [6, 6.07) is 9.62. The molecule has 1 amide bonds. The van der Waals surface area contributed by atoms with Crippen LogP contribution in [0.5, 0.6) is 0 Å². The van der Waals surface area contributed by atoms with Crippen molar-refractivity contribution in [1.82, 2.24) is 15.5 Å². The molecule has 0 saturated carbocycles. The van der Waals surface area contributed by atoms with Crippen molar-refractivity contribution in [2.45, 2.75) is 50.3 Å². The molecule has 0 bridgehead atoms. The summed E-state index contributed by atoms with van der Waals surface area (Å²) in [5, 5.41) is 11.1. The van der Waals surface area contributed by atoms with E-state index in [9.17, 15) is 4.79 Å². The molecule has 1 aromatic carbocycles. The quantitative estimate of drug-likeness (QED) is 0.834. The maximum Gasteiger partial charge on any atom is 0.408 e. The Labute approximate surface area is 140 Å². The Morgan fingerprint density at radius 3 is 2.65 bits per heavy atom. The van der Waals surface area contributed by atoms with Crippen LogP contribution in [0.15, 0.2) is 40.0 Å². The van der Waals surface area contributed by atoms with Gasteiger partial charge in [-0.05, 0) is 33.3 Å². The third-order valence-electron chi connectivity index (χ3n) is 2.73. The van der Waals surface area contributed by atoms with E-state index in [4.69, 9.17) is 9.15 Å². The maximum atomic E-state index is 11.7. The van der Waals surface area contributed by atoms with Gasteiger partial charge in [0, 0.05) is 5.75 Å². The number of nitrogens with one attached hydrogen (secondary N) is 1. The number of rotatable bonds is 5. The fourth-order valence-corrected chi connectivity index (χ4v) is 2.44. The minimum absolute atomic E-state index is 0.353. The fraction of sp³-hybridized carbons (Fsp3) is 0.438. The van der Waals surface area contributed by atoms with Gasteiger partial charge < -0.3 is 14.5 Å². The lowest BCUT2D eigenvalue weighted by atomic mass is 10.2. The van der Waals surface area contributed by atoms with E-state index in [-0.39, 0.29) is 0 Å². The number of alkyl carbamates (subject to hydrolysis) is 1. The van der Waals surface area contributed by atoms with E-state index in [2.05, 4.69) is 15.5 Å². The molecular weight excluding hydrogens is 314 g/mol. The van der Waals surface area contributed by atoms with Gasteiger partial charge in [0.25, 0.3) is 5.22 Å². The monoisotopic (exact) mass is 335 g/mol. The summed E-state index contributed by atoms with van der Waals surface area (Å²) in [5.41, 5.74) is 0.632. The van der Waals surface area contributed by atoms with Crippen LogP contribution < -0.4 is 5.32 Å². The Bertz CT molecular complexity index is 638. The number of nitrogens with zero attached hydrogens (tertiary/aromatic N) is 2. The normalized spacial score (nSPS) is 12.7. The predicted molar refractivity (Wildman–Crippen MR) is 88.1 cm³/mol. The van der Waals surface area contributed by atoms with Crippen LogP contribution in [0.3, 0.4) is 0 Å². The molecule has 2 rings (SSSR count). The largest absolute Gasteiger partial charge is 0.444 e. The van der Waals surface area contributed by atoms with Crippen molar-refractivity contribution in [3.05, 3.63) is 41.8 Å². The summed E-state index contributed by atoms with van der Waals surface area (Å²) >= 11 is 1.46. The molecule has 23 heavy (non-hydrogen) atoms. The first-order valence-corrected chi connectivity index (χ1v) is 8.32. The van der Waals surface area contributed by atoms with Crippen molar-refractivity contribution in [2.24, 2.45) is 0 Å². The molecule has 1 aromatic heterocycles. The number of amides is 1. The second-order valence-corrected chi connectivity index (χ2v) is 6.97. The highest BCUT2D eigenvalue weighted by atomic mass is 32.2. The van der Waals surface area contributed by atoms with E-state index in [1.54, 1.807) is 6.92 Å². The van der Waals surface area contributed by atoms with Gasteiger partial charge >= 0.3 is 6.09 Å². The van der Waals surface area contributed by atoms with Gasteiger partial charge in [0.1, 0.15) is 11.6 Å². The van der Waals surface area contributed by atoms with Crippen LogP contribution in [0.4, 0.5) is 4.79 Å². The summed E-state index contributed by atoms with van der Waals surface area (Å²) in [5.74, 6) is 1.10. The zero-order valence-electron chi connectivity index (χ0n) is 13.7. The van der Waals surface area contributed by atoms with Crippen molar-refractivity contribution in [3.8, 4) is 0 Å². The first kappa shape index (κ1) is 17.3. The molecule has 0 radical (unpaired) electrons. The SMILES string of the molecule is C[C@@H](NC(=O)OC(C)(C)C)c1nnc(SCc2ccccc2)o1. The average molecular weight is 335 g/mol. The molecule has 6 nitrogen and oxygen atoms in total. The van der Waals surface area contributed by atoms with Crippen LogP contribution in [0.2, 0.25) is 0 Å². The smallest absolute Gasteiger partial charge is 0.408 e. The number of carbonyl (C=O) groups is 1. The van der Waals surface area contributed by atoms with Crippen LogP contribution in [0.25, 0.3) is 0 Å². The molecule has 0 aliphatic heterocycles. The van der Waals surface area contributed by atoms with Gasteiger partial charge in [0.2, 0.25) is 5.89 Å². The summed E-state index contributed by atoms with van der Waals surface area (Å²) in [6.45, 7) is 7.19. The number of carbonyl (C=O) groups excluding carboxylic acids is 1. The minimum atomic E-state index is -0.546. The molecule has 2 aromatic rings. The van der Waals surface area contributed by atoms with Gasteiger partial charge in [-0.2, -0.15) is 0 Å².